The molecule has 1 aliphatic heterocycles. The molecule has 1 amide bonds. The molecule has 0 radical (unpaired) electrons. The molecule has 198 valence electrons. The van der Waals surface area contributed by atoms with E-state index >= 15 is 0 Å². The topological polar surface area (TPSA) is 85.3 Å². The summed E-state index contributed by atoms with van der Waals surface area (Å²) < 4.78 is 16.8. The lowest BCUT2D eigenvalue weighted by Crippen LogP contribution is -2.29. The second kappa shape index (κ2) is 11.9. The number of benzene rings is 3. The minimum atomic E-state index is -0.823. The second-order valence-corrected chi connectivity index (χ2v) is 9.58. The maximum Gasteiger partial charge on any atom is 0.295 e. The number of carbonyl (C=O) groups excluding carboxylic acids is 2. The van der Waals surface area contributed by atoms with Crippen LogP contribution in [0.2, 0.25) is 0 Å². The summed E-state index contributed by atoms with van der Waals surface area (Å²) in [5.41, 5.74) is 1.92. The maximum atomic E-state index is 13.4. The van der Waals surface area contributed by atoms with Crippen LogP contribution in [0.5, 0.6) is 17.2 Å². The van der Waals surface area contributed by atoms with Gasteiger partial charge < -0.3 is 24.2 Å². The van der Waals surface area contributed by atoms with Crippen molar-refractivity contribution in [3.63, 3.8) is 0 Å². The van der Waals surface area contributed by atoms with E-state index in [9.17, 15) is 14.7 Å². The first-order chi connectivity index (χ1) is 18.3. The summed E-state index contributed by atoms with van der Waals surface area (Å²) in [6, 6.07) is 20.7. The molecule has 1 N–H and O–H groups in total. The van der Waals surface area contributed by atoms with Crippen LogP contribution in [-0.4, -0.2) is 42.5 Å². The largest absolute Gasteiger partial charge is 0.507 e. The number of rotatable bonds is 10. The number of methoxy groups -OCH3 is 2. The van der Waals surface area contributed by atoms with Gasteiger partial charge in [0.05, 0.1) is 32.4 Å². The third-order valence-corrected chi connectivity index (χ3v) is 6.56. The molecule has 0 spiro atoms. The first-order valence-electron chi connectivity index (χ1n) is 12.6. The van der Waals surface area contributed by atoms with Gasteiger partial charge in [-0.15, -0.1) is 0 Å². The molecule has 1 aliphatic rings. The Hall–Kier alpha value is -4.26. The maximum absolute atomic E-state index is 13.4. The van der Waals surface area contributed by atoms with Crippen LogP contribution in [0.1, 0.15) is 43.0 Å². The Bertz CT molecular complexity index is 1310. The molecule has 1 saturated heterocycles. The normalized spacial score (nSPS) is 16.7. The number of nitrogens with zero attached hydrogens (tertiary/aromatic N) is 1. The molecular weight excluding hydrogens is 482 g/mol. The molecule has 1 atom stereocenters. The predicted molar refractivity (Wildman–Crippen MR) is 145 cm³/mol. The van der Waals surface area contributed by atoms with Crippen LogP contribution in [0.4, 0.5) is 0 Å². The Morgan fingerprint density at radius 1 is 0.921 bits per heavy atom. The van der Waals surface area contributed by atoms with Crippen molar-refractivity contribution in [3.8, 4) is 17.2 Å². The fourth-order valence-electron chi connectivity index (χ4n) is 4.45. The minimum Gasteiger partial charge on any atom is -0.507 e. The van der Waals surface area contributed by atoms with Gasteiger partial charge in [0.15, 0.2) is 11.5 Å². The molecule has 38 heavy (non-hydrogen) atoms. The van der Waals surface area contributed by atoms with Crippen molar-refractivity contribution in [2.45, 2.75) is 32.9 Å². The number of ether oxygens (including phenoxy) is 3. The van der Waals surface area contributed by atoms with E-state index < -0.39 is 17.7 Å². The quantitative estimate of drug-likeness (QED) is 0.210. The lowest BCUT2D eigenvalue weighted by Gasteiger charge is -2.26. The summed E-state index contributed by atoms with van der Waals surface area (Å²) >= 11 is 0. The fraction of sp³-hybridized carbons (Fsp3) is 0.290. The average molecular weight is 516 g/mol. The summed E-state index contributed by atoms with van der Waals surface area (Å²) in [6.07, 6.45) is 0.893. The molecule has 0 saturated carbocycles. The van der Waals surface area contributed by atoms with Gasteiger partial charge in [0.1, 0.15) is 11.5 Å². The van der Waals surface area contributed by atoms with Crippen LogP contribution in [0, 0.1) is 5.92 Å². The Balaban J connectivity index is 1.80. The van der Waals surface area contributed by atoms with Crippen LogP contribution in [0.25, 0.3) is 5.76 Å². The van der Waals surface area contributed by atoms with E-state index in [4.69, 9.17) is 14.2 Å². The zero-order valence-electron chi connectivity index (χ0n) is 22.1. The smallest absolute Gasteiger partial charge is 0.295 e. The van der Waals surface area contributed by atoms with Crippen molar-refractivity contribution in [3.05, 3.63) is 95.1 Å². The number of aliphatic hydroxyl groups is 1. The van der Waals surface area contributed by atoms with Crippen LogP contribution in [-0.2, 0) is 16.1 Å². The molecule has 0 bridgehead atoms. The van der Waals surface area contributed by atoms with Crippen LogP contribution < -0.4 is 14.2 Å². The van der Waals surface area contributed by atoms with Gasteiger partial charge in [0.2, 0.25) is 0 Å². The third kappa shape index (κ3) is 5.67. The molecule has 3 aromatic rings. The first kappa shape index (κ1) is 26.8. The van der Waals surface area contributed by atoms with E-state index in [1.807, 2.05) is 36.4 Å². The third-order valence-electron chi connectivity index (χ3n) is 6.56. The van der Waals surface area contributed by atoms with Gasteiger partial charge in [-0.3, -0.25) is 9.59 Å². The van der Waals surface area contributed by atoms with E-state index in [1.165, 1.54) is 4.90 Å². The molecule has 0 aromatic heterocycles. The number of aliphatic hydroxyl groups excluding tert-OH is 1. The Kier molecular flexibility index (Phi) is 8.36. The van der Waals surface area contributed by atoms with Gasteiger partial charge in [-0.05, 0) is 59.9 Å². The number of carbonyl (C=O) groups is 2. The lowest BCUT2D eigenvalue weighted by atomic mass is 9.94. The number of hydrogen-bond donors (Lipinski definition) is 1. The summed E-state index contributed by atoms with van der Waals surface area (Å²) in [7, 11) is 3.10. The van der Waals surface area contributed by atoms with Gasteiger partial charge in [0, 0.05) is 12.1 Å². The monoisotopic (exact) mass is 515 g/mol. The van der Waals surface area contributed by atoms with Gasteiger partial charge in [0.25, 0.3) is 11.7 Å². The number of Topliss-reactive ketones (excluding diaryl/α,β-unsaturated/α-hetero) is 1. The van der Waals surface area contributed by atoms with Crippen molar-refractivity contribution in [1.82, 2.24) is 4.90 Å². The summed E-state index contributed by atoms with van der Waals surface area (Å²) in [6.45, 7) is 4.99. The molecule has 1 heterocycles. The molecule has 0 aliphatic carbocycles. The lowest BCUT2D eigenvalue weighted by molar-refractivity contribution is -0.140. The van der Waals surface area contributed by atoms with Crippen molar-refractivity contribution in [1.29, 1.82) is 0 Å². The second-order valence-electron chi connectivity index (χ2n) is 9.58. The number of likely N-dealkylation sites (tertiary alicyclic amines) is 1. The fourth-order valence-corrected chi connectivity index (χ4v) is 4.45. The van der Waals surface area contributed by atoms with Gasteiger partial charge in [-0.1, -0.05) is 50.2 Å². The van der Waals surface area contributed by atoms with E-state index in [0.29, 0.717) is 40.9 Å². The molecule has 1 unspecified atom stereocenters. The standard InChI is InChI=1S/C31H33NO6/c1-20(2)16-17-38-25-15-12-23(18-26(25)37-4)28-27(29(33)22-10-13-24(36-3)14-11-22)30(34)31(35)32(28)19-21-8-6-5-7-9-21/h5-15,18,20,28,33H,16-17,19H2,1-4H3/b29-27+. The van der Waals surface area contributed by atoms with E-state index in [2.05, 4.69) is 13.8 Å². The highest BCUT2D eigenvalue weighted by Gasteiger charge is 2.46. The predicted octanol–water partition coefficient (Wildman–Crippen LogP) is 5.75. The summed E-state index contributed by atoms with van der Waals surface area (Å²) in [5, 5.41) is 11.3. The van der Waals surface area contributed by atoms with E-state index in [0.717, 1.165) is 12.0 Å². The van der Waals surface area contributed by atoms with Gasteiger partial charge in [-0.25, -0.2) is 0 Å². The van der Waals surface area contributed by atoms with E-state index in [-0.39, 0.29) is 17.9 Å². The average Bonchev–Trinajstić information content (AvgIpc) is 3.18. The Labute approximate surface area is 223 Å². The highest BCUT2D eigenvalue weighted by atomic mass is 16.5. The SMILES string of the molecule is COc1ccc(/C(O)=C2\C(=O)C(=O)N(Cc3ccccc3)C2c2ccc(OCCC(C)C)c(OC)c2)cc1. The Morgan fingerprint density at radius 3 is 2.26 bits per heavy atom. The molecule has 1 fully saturated rings. The van der Waals surface area contributed by atoms with Crippen molar-refractivity contribution >= 4 is 17.4 Å². The summed E-state index contributed by atoms with van der Waals surface area (Å²) in [4.78, 5) is 28.2. The first-order valence-corrected chi connectivity index (χ1v) is 12.6. The number of amides is 1. The van der Waals surface area contributed by atoms with E-state index in [1.54, 1.807) is 50.6 Å². The van der Waals surface area contributed by atoms with Crippen LogP contribution in [0.3, 0.4) is 0 Å². The number of ketones is 1. The van der Waals surface area contributed by atoms with Crippen molar-refractivity contribution < 1.29 is 28.9 Å². The highest BCUT2D eigenvalue weighted by molar-refractivity contribution is 6.46. The summed E-state index contributed by atoms with van der Waals surface area (Å²) in [5.74, 6) is 0.507. The van der Waals surface area contributed by atoms with Crippen molar-refractivity contribution in [2.75, 3.05) is 20.8 Å². The number of hydrogen-bond acceptors (Lipinski definition) is 6. The molecule has 4 rings (SSSR count). The van der Waals surface area contributed by atoms with Crippen molar-refractivity contribution in [2.24, 2.45) is 5.92 Å². The molecule has 7 heteroatoms. The highest BCUT2D eigenvalue weighted by Crippen LogP contribution is 2.42. The zero-order valence-corrected chi connectivity index (χ0v) is 22.1. The zero-order chi connectivity index (χ0) is 27.2. The van der Waals surface area contributed by atoms with Gasteiger partial charge in [-0.2, -0.15) is 0 Å². The molecule has 7 nitrogen and oxygen atoms in total. The van der Waals surface area contributed by atoms with Crippen LogP contribution in [0.15, 0.2) is 78.4 Å². The van der Waals surface area contributed by atoms with Crippen LogP contribution >= 0.6 is 0 Å². The molecule has 3 aromatic carbocycles. The molecular formula is C31H33NO6. The van der Waals surface area contributed by atoms with Gasteiger partial charge >= 0.3 is 0 Å². The minimum absolute atomic E-state index is 0.0200. The Morgan fingerprint density at radius 2 is 1.63 bits per heavy atom.